The van der Waals surface area contributed by atoms with Gasteiger partial charge >= 0.3 is 0 Å². The Balaban J connectivity index is 1.81. The fourth-order valence-corrected chi connectivity index (χ4v) is 12.1. The standard InChI is InChI=1S/C21H24O2P2/c1-24(22,18-9-5-3-6-10-18)20-16-13-14-17(15-16)21(20)25(2,23)19-11-7-4-8-12-19/h3-14,16-17,20-21H,15H2,1-2H3/t16-,17+,20-,21-,24?,25?/m1/s1. The maximum absolute atomic E-state index is 13.9. The summed E-state index contributed by atoms with van der Waals surface area (Å²) in [6.45, 7) is 3.80. The smallest absolute Gasteiger partial charge is 0.116 e. The molecule has 0 aliphatic heterocycles. The molecule has 4 heteroatoms. The fourth-order valence-electron chi connectivity index (χ4n) is 4.88. The Morgan fingerprint density at radius 3 is 1.40 bits per heavy atom. The second-order valence-corrected chi connectivity index (χ2v) is 13.8. The van der Waals surface area contributed by atoms with E-state index in [2.05, 4.69) is 12.2 Å². The van der Waals surface area contributed by atoms with Gasteiger partial charge in [0.05, 0.1) is 0 Å². The zero-order valence-corrected chi connectivity index (χ0v) is 16.4. The van der Waals surface area contributed by atoms with Crippen LogP contribution in [0.1, 0.15) is 6.42 Å². The van der Waals surface area contributed by atoms with E-state index < -0.39 is 14.3 Å². The molecule has 2 aromatic rings. The number of hydrogen-bond donors (Lipinski definition) is 0. The summed E-state index contributed by atoms with van der Waals surface area (Å²) in [5, 5.41) is 1.83. The van der Waals surface area contributed by atoms with E-state index >= 15 is 0 Å². The molecule has 2 nitrogen and oxygen atoms in total. The van der Waals surface area contributed by atoms with E-state index in [0.717, 1.165) is 17.0 Å². The fraction of sp³-hybridized carbons (Fsp3) is 0.333. The van der Waals surface area contributed by atoms with Crippen molar-refractivity contribution < 1.29 is 9.13 Å². The monoisotopic (exact) mass is 370 g/mol. The Kier molecular flexibility index (Phi) is 4.18. The van der Waals surface area contributed by atoms with Crippen LogP contribution in [0.5, 0.6) is 0 Å². The van der Waals surface area contributed by atoms with E-state index in [1.54, 1.807) is 0 Å². The first-order valence-electron chi connectivity index (χ1n) is 8.86. The second kappa shape index (κ2) is 6.11. The normalized spacial score (nSPS) is 32.2. The van der Waals surface area contributed by atoms with E-state index in [4.69, 9.17) is 0 Å². The summed E-state index contributed by atoms with van der Waals surface area (Å²) >= 11 is 0. The SMILES string of the molecule is CP(=O)(c1ccccc1)[C@H]1[C@H](P(C)(=O)c2ccccc2)[C@H]2C=C[C@@H]1C2. The molecule has 2 aromatic carbocycles. The molecule has 1 fully saturated rings. The van der Waals surface area contributed by atoms with Gasteiger partial charge in [-0.05, 0) is 31.6 Å². The first-order valence-corrected chi connectivity index (χ1v) is 13.3. The second-order valence-electron chi connectivity index (χ2n) is 7.58. The van der Waals surface area contributed by atoms with E-state index in [0.29, 0.717) is 0 Å². The molecule has 2 aliphatic carbocycles. The van der Waals surface area contributed by atoms with Crippen LogP contribution in [0.3, 0.4) is 0 Å². The average molecular weight is 370 g/mol. The maximum Gasteiger partial charge on any atom is 0.116 e. The van der Waals surface area contributed by atoms with Crippen molar-refractivity contribution in [1.82, 2.24) is 0 Å². The van der Waals surface area contributed by atoms with Crippen molar-refractivity contribution in [1.29, 1.82) is 0 Å². The van der Waals surface area contributed by atoms with Crippen LogP contribution in [0.4, 0.5) is 0 Å². The molecule has 0 spiro atoms. The van der Waals surface area contributed by atoms with Gasteiger partial charge in [0.2, 0.25) is 0 Å². The topological polar surface area (TPSA) is 34.1 Å². The zero-order chi connectivity index (χ0) is 17.7. The molecule has 0 aromatic heterocycles. The van der Waals surface area contributed by atoms with Crippen LogP contribution in [-0.2, 0) is 9.13 Å². The Hall–Kier alpha value is -1.36. The van der Waals surface area contributed by atoms with E-state index in [1.807, 2.05) is 74.0 Å². The van der Waals surface area contributed by atoms with Gasteiger partial charge < -0.3 is 9.13 Å². The van der Waals surface area contributed by atoms with Gasteiger partial charge in [0.15, 0.2) is 0 Å². The van der Waals surface area contributed by atoms with E-state index in [-0.39, 0.29) is 23.2 Å². The van der Waals surface area contributed by atoms with Gasteiger partial charge in [-0.15, -0.1) is 0 Å². The van der Waals surface area contributed by atoms with Gasteiger partial charge in [0, 0.05) is 21.9 Å². The molecule has 130 valence electrons. The first-order chi connectivity index (χ1) is 11.9. The summed E-state index contributed by atoms with van der Waals surface area (Å²) in [5.41, 5.74) is -0.0538. The average Bonchev–Trinajstić information content (AvgIpc) is 3.25. The quantitative estimate of drug-likeness (QED) is 0.584. The molecule has 2 aliphatic rings. The summed E-state index contributed by atoms with van der Waals surface area (Å²) in [4.78, 5) is 0. The predicted octanol–water partition coefficient (Wildman–Crippen LogP) is 4.57. The van der Waals surface area contributed by atoms with Gasteiger partial charge in [0.25, 0.3) is 0 Å². The van der Waals surface area contributed by atoms with Crippen molar-refractivity contribution in [3.8, 4) is 0 Å². The number of rotatable bonds is 4. The highest BCUT2D eigenvalue weighted by Crippen LogP contribution is 2.68. The van der Waals surface area contributed by atoms with Crippen molar-refractivity contribution in [2.45, 2.75) is 17.7 Å². The summed E-state index contributed by atoms with van der Waals surface area (Å²) in [6.07, 6.45) is 5.43. The van der Waals surface area contributed by atoms with Crippen molar-refractivity contribution >= 4 is 24.9 Å². The molecule has 0 N–H and O–H groups in total. The zero-order valence-electron chi connectivity index (χ0n) is 14.7. The van der Waals surface area contributed by atoms with Crippen LogP contribution < -0.4 is 10.6 Å². The molecular weight excluding hydrogens is 346 g/mol. The van der Waals surface area contributed by atoms with Crippen molar-refractivity contribution in [3.05, 3.63) is 72.8 Å². The predicted molar refractivity (Wildman–Crippen MR) is 108 cm³/mol. The highest BCUT2D eigenvalue weighted by atomic mass is 31.2. The third-order valence-electron chi connectivity index (χ3n) is 6.05. The highest BCUT2D eigenvalue weighted by molar-refractivity contribution is 7.75. The number of fused-ring (bicyclic) bond motifs is 2. The van der Waals surface area contributed by atoms with Crippen molar-refractivity contribution in [2.75, 3.05) is 13.3 Å². The minimum absolute atomic E-state index is 0.0269. The lowest BCUT2D eigenvalue weighted by Gasteiger charge is -2.37. The lowest BCUT2D eigenvalue weighted by molar-refractivity contribution is 0.546. The Morgan fingerprint density at radius 2 is 1.04 bits per heavy atom. The van der Waals surface area contributed by atoms with Crippen molar-refractivity contribution in [2.24, 2.45) is 11.8 Å². The number of hydrogen-bond acceptors (Lipinski definition) is 2. The van der Waals surface area contributed by atoms with Crippen LogP contribution in [0.15, 0.2) is 72.8 Å². The molecule has 0 saturated heterocycles. The van der Waals surface area contributed by atoms with Crippen LogP contribution in [-0.4, -0.2) is 24.6 Å². The number of allylic oxidation sites excluding steroid dienone is 2. The number of benzene rings is 2. The molecule has 0 heterocycles. The van der Waals surface area contributed by atoms with Crippen LogP contribution in [0.2, 0.25) is 0 Å². The maximum atomic E-state index is 13.9. The molecule has 6 atom stereocenters. The molecule has 1 saturated carbocycles. The van der Waals surface area contributed by atoms with E-state index in [1.165, 1.54) is 0 Å². The van der Waals surface area contributed by atoms with E-state index in [9.17, 15) is 9.13 Å². The summed E-state index contributed by atoms with van der Waals surface area (Å²) in [7, 11) is -5.26. The molecule has 2 unspecified atom stereocenters. The lowest BCUT2D eigenvalue weighted by Crippen LogP contribution is -2.35. The summed E-state index contributed by atoms with van der Waals surface area (Å²) < 4.78 is 27.9. The lowest BCUT2D eigenvalue weighted by atomic mass is 10.1. The Bertz CT molecular complexity index is 815. The Morgan fingerprint density at radius 1 is 0.680 bits per heavy atom. The third-order valence-corrected chi connectivity index (χ3v) is 12.6. The third kappa shape index (κ3) is 2.71. The molecular formula is C21H24O2P2. The van der Waals surface area contributed by atoms with Gasteiger partial charge in [0.1, 0.15) is 14.3 Å². The summed E-state index contributed by atoms with van der Waals surface area (Å²) in [5.74, 6) is 0.561. The Labute approximate surface area is 150 Å². The van der Waals surface area contributed by atoms with Gasteiger partial charge in [-0.2, -0.15) is 0 Å². The van der Waals surface area contributed by atoms with Crippen LogP contribution >= 0.6 is 14.3 Å². The van der Waals surface area contributed by atoms with Crippen LogP contribution in [0.25, 0.3) is 0 Å². The van der Waals surface area contributed by atoms with Crippen LogP contribution in [0, 0.1) is 11.8 Å². The molecule has 0 amide bonds. The molecule has 2 bridgehead atoms. The van der Waals surface area contributed by atoms with Crippen molar-refractivity contribution in [3.63, 3.8) is 0 Å². The van der Waals surface area contributed by atoms with Gasteiger partial charge in [-0.25, -0.2) is 0 Å². The first kappa shape index (κ1) is 17.1. The van der Waals surface area contributed by atoms with Gasteiger partial charge in [-0.3, -0.25) is 0 Å². The highest BCUT2D eigenvalue weighted by Gasteiger charge is 2.56. The molecule has 25 heavy (non-hydrogen) atoms. The molecule has 0 radical (unpaired) electrons. The minimum Gasteiger partial charge on any atom is -0.319 e. The van der Waals surface area contributed by atoms with Gasteiger partial charge in [-0.1, -0.05) is 72.8 Å². The largest absolute Gasteiger partial charge is 0.319 e. The minimum atomic E-state index is -2.63. The molecule has 4 rings (SSSR count). The summed E-state index contributed by atoms with van der Waals surface area (Å²) in [6, 6.07) is 19.6.